The smallest absolute Gasteiger partial charge is 0.342 e. The fourth-order valence-electron chi connectivity index (χ4n) is 2.26. The van der Waals surface area contributed by atoms with Crippen LogP contribution in [0, 0.1) is 6.92 Å². The van der Waals surface area contributed by atoms with Gasteiger partial charge in [-0.15, -0.1) is 0 Å². The number of amides is 1. The van der Waals surface area contributed by atoms with E-state index in [4.69, 9.17) is 18.6 Å². The molecule has 0 spiro atoms. The zero-order chi connectivity index (χ0) is 17.1. The van der Waals surface area contributed by atoms with Crippen molar-refractivity contribution in [2.75, 3.05) is 6.79 Å². The van der Waals surface area contributed by atoms with Crippen LogP contribution in [-0.4, -0.2) is 24.8 Å². The Morgan fingerprint density at radius 1 is 1.25 bits per heavy atom. The second-order valence-corrected chi connectivity index (χ2v) is 5.34. The molecule has 0 radical (unpaired) electrons. The van der Waals surface area contributed by atoms with Gasteiger partial charge in [-0.05, 0) is 37.6 Å². The van der Waals surface area contributed by atoms with Gasteiger partial charge in [-0.2, -0.15) is 0 Å². The number of ether oxygens (including phenoxy) is 3. The van der Waals surface area contributed by atoms with Crippen molar-refractivity contribution < 1.29 is 28.2 Å². The summed E-state index contributed by atoms with van der Waals surface area (Å²) in [6, 6.07) is 6.93. The molecule has 2 aromatic rings. The summed E-state index contributed by atoms with van der Waals surface area (Å²) in [4.78, 5) is 24.0. The summed E-state index contributed by atoms with van der Waals surface area (Å²) in [7, 11) is 0. The summed E-state index contributed by atoms with van der Waals surface area (Å²) in [5.41, 5.74) is 1.17. The first-order valence-corrected chi connectivity index (χ1v) is 7.46. The molecule has 3 rings (SSSR count). The Hall–Kier alpha value is -2.96. The number of hydrogen-bond acceptors (Lipinski definition) is 6. The first kappa shape index (κ1) is 15.9. The van der Waals surface area contributed by atoms with E-state index in [0.29, 0.717) is 29.4 Å². The maximum atomic E-state index is 12.1. The third-order valence-electron chi connectivity index (χ3n) is 3.64. The van der Waals surface area contributed by atoms with Crippen LogP contribution >= 0.6 is 0 Å². The molecule has 1 aliphatic heterocycles. The molecule has 24 heavy (non-hydrogen) atoms. The van der Waals surface area contributed by atoms with Crippen molar-refractivity contribution in [1.29, 1.82) is 0 Å². The number of aryl methyl sites for hydroxylation is 1. The van der Waals surface area contributed by atoms with Gasteiger partial charge in [0.25, 0.3) is 5.91 Å². The van der Waals surface area contributed by atoms with Crippen LogP contribution in [0.2, 0.25) is 0 Å². The number of carbonyl (C=O) groups is 2. The minimum absolute atomic E-state index is 0.200. The van der Waals surface area contributed by atoms with Crippen molar-refractivity contribution in [2.45, 2.75) is 26.5 Å². The van der Waals surface area contributed by atoms with E-state index in [2.05, 4.69) is 5.32 Å². The molecule has 1 aromatic heterocycles. The Labute approximate surface area is 138 Å². The quantitative estimate of drug-likeness (QED) is 0.845. The van der Waals surface area contributed by atoms with Crippen LogP contribution in [0.3, 0.4) is 0 Å². The minimum Gasteiger partial charge on any atom is -0.469 e. The lowest BCUT2D eigenvalue weighted by Crippen LogP contribution is -2.35. The van der Waals surface area contributed by atoms with Crippen LogP contribution in [0.4, 0.5) is 0 Å². The number of nitrogens with one attached hydrogen (secondary N) is 1. The second-order valence-electron chi connectivity index (χ2n) is 5.34. The lowest BCUT2D eigenvalue weighted by Gasteiger charge is -2.13. The van der Waals surface area contributed by atoms with Crippen LogP contribution in [0.25, 0.3) is 0 Å². The molecular weight excluding hydrogens is 314 g/mol. The number of benzene rings is 1. The molecule has 7 nitrogen and oxygen atoms in total. The van der Waals surface area contributed by atoms with E-state index < -0.39 is 12.1 Å². The molecular formula is C17H17NO6. The number of rotatable bonds is 5. The lowest BCUT2D eigenvalue weighted by molar-refractivity contribution is -0.129. The fourth-order valence-corrected chi connectivity index (χ4v) is 2.26. The van der Waals surface area contributed by atoms with E-state index in [0.717, 1.165) is 5.56 Å². The maximum Gasteiger partial charge on any atom is 0.342 e. The van der Waals surface area contributed by atoms with Crippen molar-refractivity contribution in [3.8, 4) is 11.5 Å². The van der Waals surface area contributed by atoms with E-state index in [-0.39, 0.29) is 12.7 Å². The Balaban J connectivity index is 1.53. The average molecular weight is 331 g/mol. The van der Waals surface area contributed by atoms with Gasteiger partial charge >= 0.3 is 5.97 Å². The standard InChI is InChI=1S/C17H17NO6/c1-10-13(5-6-21-10)17(20)24-11(2)16(19)18-8-12-3-4-14-15(7-12)23-9-22-14/h3-7,11H,8-9H2,1-2H3,(H,18,19)/t11-/m1/s1. The van der Waals surface area contributed by atoms with Crippen molar-refractivity contribution in [2.24, 2.45) is 0 Å². The van der Waals surface area contributed by atoms with Gasteiger partial charge in [0.2, 0.25) is 6.79 Å². The SMILES string of the molecule is Cc1occc1C(=O)O[C@H](C)C(=O)NCc1ccc2c(c1)OCO2. The van der Waals surface area contributed by atoms with Gasteiger partial charge < -0.3 is 23.9 Å². The summed E-state index contributed by atoms with van der Waals surface area (Å²) in [5, 5.41) is 2.72. The third-order valence-corrected chi connectivity index (χ3v) is 3.64. The van der Waals surface area contributed by atoms with Crippen LogP contribution in [0.5, 0.6) is 11.5 Å². The zero-order valence-corrected chi connectivity index (χ0v) is 13.3. The molecule has 2 heterocycles. The number of furan rings is 1. The summed E-state index contributed by atoms with van der Waals surface area (Å²) in [6.45, 7) is 3.66. The van der Waals surface area contributed by atoms with Crippen molar-refractivity contribution in [3.05, 3.63) is 47.4 Å². The summed E-state index contributed by atoms with van der Waals surface area (Å²) in [6.07, 6.45) is 0.483. The van der Waals surface area contributed by atoms with Gasteiger partial charge in [-0.3, -0.25) is 4.79 Å². The number of hydrogen-bond donors (Lipinski definition) is 1. The Bertz CT molecular complexity index is 766. The van der Waals surface area contributed by atoms with Crippen LogP contribution in [0.1, 0.15) is 28.6 Å². The van der Waals surface area contributed by atoms with E-state index in [9.17, 15) is 9.59 Å². The van der Waals surface area contributed by atoms with Crippen molar-refractivity contribution in [1.82, 2.24) is 5.32 Å². The third kappa shape index (κ3) is 3.34. The Morgan fingerprint density at radius 3 is 2.79 bits per heavy atom. The number of carbonyl (C=O) groups excluding carboxylic acids is 2. The zero-order valence-electron chi connectivity index (χ0n) is 13.3. The van der Waals surface area contributed by atoms with Crippen LogP contribution < -0.4 is 14.8 Å². The highest BCUT2D eigenvalue weighted by Crippen LogP contribution is 2.32. The van der Waals surface area contributed by atoms with Gasteiger partial charge in [-0.25, -0.2) is 4.79 Å². The molecule has 0 unspecified atom stereocenters. The monoisotopic (exact) mass is 331 g/mol. The molecule has 7 heteroatoms. The largest absolute Gasteiger partial charge is 0.469 e. The predicted molar refractivity (Wildman–Crippen MR) is 82.7 cm³/mol. The van der Waals surface area contributed by atoms with Crippen LogP contribution in [-0.2, 0) is 16.1 Å². The van der Waals surface area contributed by atoms with Gasteiger partial charge in [0, 0.05) is 6.54 Å². The predicted octanol–water partition coefficient (Wildman–Crippen LogP) is 2.18. The highest BCUT2D eigenvalue weighted by Gasteiger charge is 2.21. The lowest BCUT2D eigenvalue weighted by atomic mass is 10.2. The second kappa shape index (κ2) is 6.66. The molecule has 126 valence electrons. The number of fused-ring (bicyclic) bond motifs is 1. The first-order valence-electron chi connectivity index (χ1n) is 7.46. The summed E-state index contributed by atoms with van der Waals surface area (Å²) in [5.74, 6) is 0.807. The fraction of sp³-hybridized carbons (Fsp3) is 0.294. The molecule has 0 bridgehead atoms. The van der Waals surface area contributed by atoms with Gasteiger partial charge in [-0.1, -0.05) is 6.07 Å². The Kier molecular flexibility index (Phi) is 4.41. The molecule has 1 aliphatic rings. The molecule has 1 atom stereocenters. The molecule has 0 saturated carbocycles. The molecule has 1 amide bonds. The van der Waals surface area contributed by atoms with Crippen molar-refractivity contribution >= 4 is 11.9 Å². The first-order chi connectivity index (χ1) is 11.5. The van der Waals surface area contributed by atoms with Crippen molar-refractivity contribution in [3.63, 3.8) is 0 Å². The average Bonchev–Trinajstić information content (AvgIpc) is 3.20. The highest BCUT2D eigenvalue weighted by molar-refractivity contribution is 5.92. The van der Waals surface area contributed by atoms with E-state index in [1.165, 1.54) is 19.3 Å². The van der Waals surface area contributed by atoms with Gasteiger partial charge in [0.1, 0.15) is 11.3 Å². The molecule has 0 aliphatic carbocycles. The van der Waals surface area contributed by atoms with Crippen LogP contribution in [0.15, 0.2) is 34.9 Å². The van der Waals surface area contributed by atoms with E-state index in [1.807, 2.05) is 6.07 Å². The minimum atomic E-state index is -0.916. The maximum absolute atomic E-state index is 12.1. The topological polar surface area (TPSA) is 87.0 Å². The summed E-state index contributed by atoms with van der Waals surface area (Å²) >= 11 is 0. The molecule has 1 N–H and O–H groups in total. The van der Waals surface area contributed by atoms with Gasteiger partial charge in [0.05, 0.1) is 6.26 Å². The number of esters is 1. The molecule has 1 aromatic carbocycles. The Morgan fingerprint density at radius 2 is 2.04 bits per heavy atom. The summed E-state index contributed by atoms with van der Waals surface area (Å²) < 4.78 is 20.7. The molecule has 0 saturated heterocycles. The highest BCUT2D eigenvalue weighted by atomic mass is 16.7. The van der Waals surface area contributed by atoms with Gasteiger partial charge in [0.15, 0.2) is 17.6 Å². The molecule has 0 fully saturated rings. The normalized spacial score (nSPS) is 13.4. The van der Waals surface area contributed by atoms with E-state index >= 15 is 0 Å². The van der Waals surface area contributed by atoms with E-state index in [1.54, 1.807) is 19.1 Å².